The molecule has 0 atom stereocenters. The first-order valence-electron chi connectivity index (χ1n) is 6.39. The van der Waals surface area contributed by atoms with Gasteiger partial charge in [-0.2, -0.15) is 0 Å². The van der Waals surface area contributed by atoms with Crippen molar-refractivity contribution >= 4 is 11.8 Å². The molecule has 1 saturated heterocycles. The van der Waals surface area contributed by atoms with Crippen LogP contribution < -0.4 is 10.1 Å². The standard InChI is InChI=1S/C14H22N2OS/c1-11-8-14(18-3)12(9-13(11)17-2)10-16-6-4-15-5-7-16/h8-9,15H,4-7,10H2,1-3H3. The number of hydrogen-bond donors (Lipinski definition) is 1. The van der Waals surface area contributed by atoms with E-state index in [2.05, 4.69) is 35.5 Å². The highest BCUT2D eigenvalue weighted by Gasteiger charge is 2.13. The summed E-state index contributed by atoms with van der Waals surface area (Å²) in [6.07, 6.45) is 2.14. The number of hydrogen-bond acceptors (Lipinski definition) is 4. The molecule has 0 radical (unpaired) electrons. The van der Waals surface area contributed by atoms with Crippen LogP contribution in [0.4, 0.5) is 0 Å². The van der Waals surface area contributed by atoms with Crippen LogP contribution in [0.2, 0.25) is 0 Å². The molecule has 0 amide bonds. The molecule has 3 nitrogen and oxygen atoms in total. The second-order valence-electron chi connectivity index (χ2n) is 4.66. The fraction of sp³-hybridized carbons (Fsp3) is 0.571. The lowest BCUT2D eigenvalue weighted by Crippen LogP contribution is -2.42. The van der Waals surface area contributed by atoms with E-state index >= 15 is 0 Å². The van der Waals surface area contributed by atoms with Crippen molar-refractivity contribution in [3.63, 3.8) is 0 Å². The number of piperazine rings is 1. The Morgan fingerprint density at radius 2 is 2.06 bits per heavy atom. The largest absolute Gasteiger partial charge is 0.496 e. The molecule has 0 aliphatic carbocycles. The van der Waals surface area contributed by atoms with Gasteiger partial charge in [0, 0.05) is 37.6 Å². The van der Waals surface area contributed by atoms with Gasteiger partial charge in [-0.3, -0.25) is 4.90 Å². The van der Waals surface area contributed by atoms with Crippen molar-refractivity contribution in [2.45, 2.75) is 18.4 Å². The third kappa shape index (κ3) is 3.19. The first-order valence-corrected chi connectivity index (χ1v) is 7.61. The molecular weight excluding hydrogens is 244 g/mol. The van der Waals surface area contributed by atoms with Crippen LogP contribution in [-0.4, -0.2) is 44.4 Å². The second-order valence-corrected chi connectivity index (χ2v) is 5.51. The predicted molar refractivity (Wildman–Crippen MR) is 77.7 cm³/mol. The van der Waals surface area contributed by atoms with Crippen LogP contribution in [0.5, 0.6) is 5.75 Å². The molecule has 0 spiro atoms. The van der Waals surface area contributed by atoms with E-state index in [-0.39, 0.29) is 0 Å². The minimum Gasteiger partial charge on any atom is -0.496 e. The van der Waals surface area contributed by atoms with Gasteiger partial charge in [0.1, 0.15) is 5.75 Å². The highest BCUT2D eigenvalue weighted by Crippen LogP contribution is 2.29. The number of thioether (sulfide) groups is 1. The first-order chi connectivity index (χ1) is 8.74. The molecule has 1 N–H and O–H groups in total. The van der Waals surface area contributed by atoms with E-state index in [9.17, 15) is 0 Å². The summed E-state index contributed by atoms with van der Waals surface area (Å²) >= 11 is 1.82. The average Bonchev–Trinajstić information content (AvgIpc) is 2.41. The summed E-state index contributed by atoms with van der Waals surface area (Å²) in [6, 6.07) is 4.43. The Hall–Kier alpha value is -0.710. The molecule has 0 bridgehead atoms. The first kappa shape index (κ1) is 13.7. The second kappa shape index (κ2) is 6.45. The summed E-state index contributed by atoms with van der Waals surface area (Å²) in [5.41, 5.74) is 2.60. The summed E-state index contributed by atoms with van der Waals surface area (Å²) in [6.45, 7) is 7.57. The molecule has 100 valence electrons. The van der Waals surface area contributed by atoms with Crippen LogP contribution in [0, 0.1) is 6.92 Å². The van der Waals surface area contributed by atoms with E-state index in [4.69, 9.17) is 4.74 Å². The van der Waals surface area contributed by atoms with Crippen LogP contribution in [0.15, 0.2) is 17.0 Å². The number of ether oxygens (including phenoxy) is 1. The van der Waals surface area contributed by atoms with Crippen molar-refractivity contribution < 1.29 is 4.74 Å². The van der Waals surface area contributed by atoms with Gasteiger partial charge in [-0.15, -0.1) is 11.8 Å². The normalized spacial score (nSPS) is 16.8. The molecule has 1 heterocycles. The van der Waals surface area contributed by atoms with E-state index in [0.717, 1.165) is 38.5 Å². The Bertz CT molecular complexity index is 403. The van der Waals surface area contributed by atoms with Crippen LogP contribution in [0.1, 0.15) is 11.1 Å². The van der Waals surface area contributed by atoms with E-state index in [1.165, 1.54) is 16.0 Å². The Kier molecular flexibility index (Phi) is 4.92. The smallest absolute Gasteiger partial charge is 0.122 e. The Morgan fingerprint density at radius 3 is 2.67 bits per heavy atom. The molecule has 4 heteroatoms. The van der Waals surface area contributed by atoms with Crippen molar-refractivity contribution in [3.05, 3.63) is 23.3 Å². The zero-order valence-corrected chi connectivity index (χ0v) is 12.3. The zero-order valence-electron chi connectivity index (χ0n) is 11.5. The fourth-order valence-corrected chi connectivity index (χ4v) is 3.03. The monoisotopic (exact) mass is 266 g/mol. The maximum absolute atomic E-state index is 5.43. The number of nitrogens with zero attached hydrogens (tertiary/aromatic N) is 1. The molecule has 18 heavy (non-hydrogen) atoms. The number of benzene rings is 1. The number of nitrogens with one attached hydrogen (secondary N) is 1. The van der Waals surface area contributed by atoms with Crippen LogP contribution in [0.3, 0.4) is 0 Å². The SMILES string of the molecule is COc1cc(CN2CCNCC2)c(SC)cc1C. The van der Waals surface area contributed by atoms with Gasteiger partial charge in [-0.05, 0) is 36.4 Å². The molecule has 1 aliphatic rings. The lowest BCUT2D eigenvalue weighted by atomic mass is 10.1. The molecule has 1 aromatic rings. The Balaban J connectivity index is 2.18. The summed E-state index contributed by atoms with van der Waals surface area (Å²) < 4.78 is 5.43. The van der Waals surface area contributed by atoms with Gasteiger partial charge in [-0.1, -0.05) is 0 Å². The van der Waals surface area contributed by atoms with Crippen molar-refractivity contribution in [3.8, 4) is 5.75 Å². The van der Waals surface area contributed by atoms with Crippen LogP contribution >= 0.6 is 11.8 Å². The van der Waals surface area contributed by atoms with E-state index in [1.807, 2.05) is 11.8 Å². The van der Waals surface area contributed by atoms with Gasteiger partial charge in [0.05, 0.1) is 7.11 Å². The third-order valence-corrected chi connectivity index (χ3v) is 4.22. The third-order valence-electron chi connectivity index (χ3n) is 3.40. The van der Waals surface area contributed by atoms with Crippen molar-refractivity contribution in [2.75, 3.05) is 39.5 Å². The van der Waals surface area contributed by atoms with Crippen molar-refractivity contribution in [1.82, 2.24) is 10.2 Å². The van der Waals surface area contributed by atoms with E-state index in [1.54, 1.807) is 7.11 Å². The maximum Gasteiger partial charge on any atom is 0.122 e. The number of aryl methyl sites for hydroxylation is 1. The number of rotatable bonds is 4. The fourth-order valence-electron chi connectivity index (χ4n) is 2.35. The van der Waals surface area contributed by atoms with Gasteiger partial charge in [-0.25, -0.2) is 0 Å². The van der Waals surface area contributed by atoms with Crippen LogP contribution in [-0.2, 0) is 6.54 Å². The number of methoxy groups -OCH3 is 1. The molecule has 0 unspecified atom stereocenters. The van der Waals surface area contributed by atoms with Crippen molar-refractivity contribution in [2.24, 2.45) is 0 Å². The minimum atomic E-state index is 0.998. The van der Waals surface area contributed by atoms with Gasteiger partial charge < -0.3 is 10.1 Å². The highest BCUT2D eigenvalue weighted by atomic mass is 32.2. The molecule has 1 fully saturated rings. The zero-order chi connectivity index (χ0) is 13.0. The predicted octanol–water partition coefficient (Wildman–Crippen LogP) is 2.13. The highest BCUT2D eigenvalue weighted by molar-refractivity contribution is 7.98. The van der Waals surface area contributed by atoms with Gasteiger partial charge >= 0.3 is 0 Å². The Labute approximate surface area is 114 Å². The molecular formula is C14H22N2OS. The minimum absolute atomic E-state index is 0.998. The lowest BCUT2D eigenvalue weighted by Gasteiger charge is -2.28. The van der Waals surface area contributed by atoms with E-state index in [0.29, 0.717) is 0 Å². The molecule has 1 aliphatic heterocycles. The van der Waals surface area contributed by atoms with E-state index < -0.39 is 0 Å². The summed E-state index contributed by atoms with van der Waals surface area (Å²) in [7, 11) is 1.75. The molecule has 2 rings (SSSR count). The molecule has 0 saturated carbocycles. The summed E-state index contributed by atoms with van der Waals surface area (Å²) in [5, 5.41) is 3.39. The average molecular weight is 266 g/mol. The van der Waals surface area contributed by atoms with Gasteiger partial charge in [0.2, 0.25) is 0 Å². The summed E-state index contributed by atoms with van der Waals surface area (Å²) in [4.78, 5) is 3.87. The van der Waals surface area contributed by atoms with Gasteiger partial charge in [0.15, 0.2) is 0 Å². The van der Waals surface area contributed by atoms with Crippen LogP contribution in [0.25, 0.3) is 0 Å². The van der Waals surface area contributed by atoms with Crippen molar-refractivity contribution in [1.29, 1.82) is 0 Å². The Morgan fingerprint density at radius 1 is 1.33 bits per heavy atom. The quantitative estimate of drug-likeness (QED) is 0.844. The molecule has 1 aromatic carbocycles. The topological polar surface area (TPSA) is 24.5 Å². The van der Waals surface area contributed by atoms with Gasteiger partial charge in [0.25, 0.3) is 0 Å². The maximum atomic E-state index is 5.43. The summed E-state index contributed by atoms with van der Waals surface area (Å²) in [5.74, 6) is 0.998. The molecule has 0 aromatic heterocycles. The lowest BCUT2D eigenvalue weighted by molar-refractivity contribution is 0.231.